The third kappa shape index (κ3) is 2.57. The fourth-order valence-corrected chi connectivity index (χ4v) is 2.85. The molecular weight excluding hydrogens is 381 g/mol. The Kier molecular flexibility index (Phi) is 4.35. The highest BCUT2D eigenvalue weighted by Gasteiger charge is 2.42. The highest BCUT2D eigenvalue weighted by Crippen LogP contribution is 2.40. The van der Waals surface area contributed by atoms with E-state index in [4.69, 9.17) is 9.47 Å². The Labute approximate surface area is 141 Å². The predicted molar refractivity (Wildman–Crippen MR) is 76.1 cm³/mol. The molecule has 2 aromatic rings. The van der Waals surface area contributed by atoms with Gasteiger partial charge in [-0.25, -0.2) is 0 Å². The van der Waals surface area contributed by atoms with Gasteiger partial charge in [-0.3, -0.25) is 0 Å². The lowest BCUT2D eigenvalue weighted by atomic mass is 9.96. The summed E-state index contributed by atoms with van der Waals surface area (Å²) in [5.41, 5.74) is 1.20. The Hall–Kier alpha value is -1.08. The molecule has 0 radical (unpaired) electrons. The van der Waals surface area contributed by atoms with Gasteiger partial charge in [0, 0.05) is 12.5 Å². The second kappa shape index (κ2) is 5.61. The van der Waals surface area contributed by atoms with E-state index in [2.05, 4.69) is 0 Å². The summed E-state index contributed by atoms with van der Waals surface area (Å²) in [5.74, 6) is 1.63. The average Bonchev–Trinajstić information content (AvgIpc) is 2.85. The van der Waals surface area contributed by atoms with Gasteiger partial charge >= 0.3 is 5.88 Å². The third-order valence-corrected chi connectivity index (χ3v) is 3.98. The molecule has 0 unspecified atom stereocenters. The standard InChI is InChI=1S/C16H20NO3.HI/c1-16(2,18)13-9-11-14(19-4)10-7-5-6-8-12(10)17(3)15(11)20-13;/h5-8,13,18H,9H2,1-4H3;1H/q+1;/p-1/t13-;/m1./s1. The molecule has 2 heterocycles. The Morgan fingerprint density at radius 2 is 2.00 bits per heavy atom. The van der Waals surface area contributed by atoms with Crippen LogP contribution in [0, 0.1) is 0 Å². The number of para-hydroxylation sites is 1. The minimum atomic E-state index is -0.886. The number of rotatable bonds is 2. The molecule has 0 saturated heterocycles. The van der Waals surface area contributed by atoms with Crippen LogP contribution in [0.4, 0.5) is 0 Å². The van der Waals surface area contributed by atoms with Gasteiger partial charge in [-0.1, -0.05) is 12.1 Å². The Morgan fingerprint density at radius 3 is 2.62 bits per heavy atom. The first-order valence-corrected chi connectivity index (χ1v) is 6.80. The molecule has 1 N–H and O–H groups in total. The van der Waals surface area contributed by atoms with Crippen LogP contribution in [0.3, 0.4) is 0 Å². The first-order chi connectivity index (χ1) is 9.43. The fraction of sp³-hybridized carbons (Fsp3) is 0.438. The molecular formula is C16H20INO3. The van der Waals surface area contributed by atoms with Crippen molar-refractivity contribution in [3.8, 4) is 11.6 Å². The van der Waals surface area contributed by atoms with Crippen molar-refractivity contribution in [2.24, 2.45) is 7.05 Å². The average molecular weight is 401 g/mol. The topological polar surface area (TPSA) is 42.6 Å². The van der Waals surface area contributed by atoms with Crippen LogP contribution >= 0.6 is 0 Å². The van der Waals surface area contributed by atoms with Crippen LogP contribution in [0.1, 0.15) is 19.4 Å². The molecule has 1 aromatic carbocycles. The van der Waals surface area contributed by atoms with Crippen LogP contribution in [0.5, 0.6) is 11.6 Å². The molecule has 4 nitrogen and oxygen atoms in total. The van der Waals surface area contributed by atoms with E-state index in [1.54, 1.807) is 21.0 Å². The van der Waals surface area contributed by atoms with Gasteiger partial charge in [0.1, 0.15) is 24.5 Å². The minimum Gasteiger partial charge on any atom is -1.00 e. The third-order valence-electron chi connectivity index (χ3n) is 3.98. The van der Waals surface area contributed by atoms with Crippen molar-refractivity contribution in [3.05, 3.63) is 29.8 Å². The predicted octanol–water partition coefficient (Wildman–Crippen LogP) is -1.25. The summed E-state index contributed by atoms with van der Waals surface area (Å²) in [6.07, 6.45) is 0.398. The monoisotopic (exact) mass is 401 g/mol. The molecule has 1 aliphatic heterocycles. The first kappa shape index (κ1) is 16.3. The molecule has 0 amide bonds. The lowest BCUT2D eigenvalue weighted by molar-refractivity contribution is -0.651. The second-order valence-electron chi connectivity index (χ2n) is 5.86. The number of aliphatic hydroxyl groups is 1. The van der Waals surface area contributed by atoms with Crippen molar-refractivity contribution in [3.63, 3.8) is 0 Å². The number of halogens is 1. The summed E-state index contributed by atoms with van der Waals surface area (Å²) in [6.45, 7) is 3.55. The van der Waals surface area contributed by atoms with Gasteiger partial charge in [-0.05, 0) is 19.9 Å². The summed E-state index contributed by atoms with van der Waals surface area (Å²) < 4.78 is 13.6. The van der Waals surface area contributed by atoms with Crippen molar-refractivity contribution in [1.29, 1.82) is 0 Å². The molecule has 21 heavy (non-hydrogen) atoms. The molecule has 3 rings (SSSR count). The van der Waals surface area contributed by atoms with Crippen LogP contribution in [0.2, 0.25) is 0 Å². The van der Waals surface area contributed by atoms with E-state index in [1.807, 2.05) is 35.9 Å². The van der Waals surface area contributed by atoms with E-state index in [-0.39, 0.29) is 30.1 Å². The van der Waals surface area contributed by atoms with Crippen LogP contribution in [0.15, 0.2) is 24.3 Å². The second-order valence-corrected chi connectivity index (χ2v) is 5.86. The van der Waals surface area contributed by atoms with E-state index in [0.29, 0.717) is 6.42 Å². The van der Waals surface area contributed by atoms with Gasteiger partial charge < -0.3 is 38.6 Å². The van der Waals surface area contributed by atoms with Crippen molar-refractivity contribution in [2.45, 2.75) is 32.0 Å². The van der Waals surface area contributed by atoms with Crippen LogP contribution in [-0.4, -0.2) is 23.9 Å². The summed E-state index contributed by atoms with van der Waals surface area (Å²) in [5, 5.41) is 11.3. The SMILES string of the molecule is COc1c2c([n+](C)c3ccccc13)O[C@@H](C(C)(C)O)C2.[I-]. The van der Waals surface area contributed by atoms with Crippen molar-refractivity contribution in [2.75, 3.05) is 7.11 Å². The Bertz CT molecular complexity index is 679. The highest BCUT2D eigenvalue weighted by atomic mass is 127. The zero-order chi connectivity index (χ0) is 14.5. The van der Waals surface area contributed by atoms with Crippen molar-refractivity contribution in [1.82, 2.24) is 0 Å². The van der Waals surface area contributed by atoms with Crippen molar-refractivity contribution < 1.29 is 43.1 Å². The largest absolute Gasteiger partial charge is 1.00 e. The molecule has 0 bridgehead atoms. The van der Waals surface area contributed by atoms with E-state index >= 15 is 0 Å². The maximum absolute atomic E-state index is 10.2. The molecule has 0 fully saturated rings. The molecule has 0 saturated carbocycles. The van der Waals surface area contributed by atoms with Gasteiger partial charge in [0.05, 0.1) is 18.1 Å². The minimum absolute atomic E-state index is 0. The maximum atomic E-state index is 10.2. The molecule has 1 atom stereocenters. The number of methoxy groups -OCH3 is 1. The van der Waals surface area contributed by atoms with Gasteiger partial charge in [0.25, 0.3) is 0 Å². The normalized spacial score (nSPS) is 17.1. The molecule has 114 valence electrons. The lowest BCUT2D eigenvalue weighted by Crippen LogP contribution is -3.00. The quantitative estimate of drug-likeness (QED) is 0.506. The van der Waals surface area contributed by atoms with Crippen LogP contribution in [0.25, 0.3) is 10.9 Å². The van der Waals surface area contributed by atoms with Gasteiger partial charge in [-0.2, -0.15) is 4.57 Å². The van der Waals surface area contributed by atoms with Crippen molar-refractivity contribution >= 4 is 10.9 Å². The molecule has 0 aliphatic carbocycles. The number of aromatic nitrogens is 1. The zero-order valence-corrected chi connectivity index (χ0v) is 14.8. The smallest absolute Gasteiger partial charge is 0.375 e. The first-order valence-electron chi connectivity index (χ1n) is 6.80. The molecule has 5 heteroatoms. The number of hydrogen-bond acceptors (Lipinski definition) is 3. The summed E-state index contributed by atoms with van der Waals surface area (Å²) in [4.78, 5) is 0. The number of hydrogen-bond donors (Lipinski definition) is 1. The highest BCUT2D eigenvalue weighted by molar-refractivity contribution is 5.84. The lowest BCUT2D eigenvalue weighted by Gasteiger charge is -2.23. The van der Waals surface area contributed by atoms with E-state index in [1.165, 1.54) is 0 Å². The Morgan fingerprint density at radius 1 is 1.33 bits per heavy atom. The van der Waals surface area contributed by atoms with E-state index in [0.717, 1.165) is 28.1 Å². The summed E-state index contributed by atoms with van der Waals surface area (Å²) in [6, 6.07) is 8.09. The number of ether oxygens (including phenoxy) is 2. The van der Waals surface area contributed by atoms with E-state index in [9.17, 15) is 5.11 Å². The number of nitrogens with zero attached hydrogens (tertiary/aromatic N) is 1. The van der Waals surface area contributed by atoms with Crippen LogP contribution in [-0.2, 0) is 13.5 Å². The number of pyridine rings is 1. The zero-order valence-electron chi connectivity index (χ0n) is 12.7. The maximum Gasteiger partial charge on any atom is 0.375 e. The van der Waals surface area contributed by atoms with Gasteiger partial charge in [0.2, 0.25) is 5.52 Å². The summed E-state index contributed by atoms with van der Waals surface area (Å²) >= 11 is 0. The van der Waals surface area contributed by atoms with Gasteiger partial charge in [-0.15, -0.1) is 0 Å². The fourth-order valence-electron chi connectivity index (χ4n) is 2.85. The molecule has 1 aromatic heterocycles. The number of aryl methyl sites for hydroxylation is 1. The number of fused-ring (bicyclic) bond motifs is 2. The van der Waals surface area contributed by atoms with Gasteiger partial charge in [0.15, 0.2) is 0 Å². The summed E-state index contributed by atoms with van der Waals surface area (Å²) in [7, 11) is 3.66. The number of benzene rings is 1. The van der Waals surface area contributed by atoms with Crippen LogP contribution < -0.4 is 38.0 Å². The molecule has 1 aliphatic rings. The van der Waals surface area contributed by atoms with E-state index < -0.39 is 5.60 Å². The Balaban J connectivity index is 0.00000161. The molecule has 0 spiro atoms.